The van der Waals surface area contributed by atoms with Crippen LogP contribution < -0.4 is 10.6 Å². The van der Waals surface area contributed by atoms with Gasteiger partial charge < -0.3 is 30.7 Å². The fraction of sp³-hybridized carbons (Fsp3) is 0.371. The highest BCUT2D eigenvalue weighted by atomic mass is 16.6. The van der Waals surface area contributed by atoms with Gasteiger partial charge in [-0.2, -0.15) is 0 Å². The first kappa shape index (κ1) is 30.3. The maximum atomic E-state index is 14.5. The van der Waals surface area contributed by atoms with Gasteiger partial charge in [-0.25, -0.2) is 4.79 Å². The number of phenolic OH excluding ortho intramolecular Hbond substituents is 1. The number of aliphatic hydroxyl groups excluding tert-OH is 2. The van der Waals surface area contributed by atoms with Gasteiger partial charge in [-0.05, 0) is 68.0 Å². The number of carbonyl (C=O) groups is 2. The van der Waals surface area contributed by atoms with Crippen molar-refractivity contribution in [3.05, 3.63) is 113 Å². The molecule has 8 heteroatoms. The second kappa shape index (κ2) is 12.2. The minimum absolute atomic E-state index is 0.0233. The summed E-state index contributed by atoms with van der Waals surface area (Å²) in [5.74, 6) is -0.594. The zero-order chi connectivity index (χ0) is 30.8. The lowest BCUT2D eigenvalue weighted by Gasteiger charge is -2.35. The Balaban J connectivity index is 1.45. The maximum absolute atomic E-state index is 14.5. The van der Waals surface area contributed by atoms with Crippen LogP contribution in [0.25, 0.3) is 0 Å². The predicted octanol–water partition coefficient (Wildman–Crippen LogP) is 4.32. The summed E-state index contributed by atoms with van der Waals surface area (Å²) in [6, 6.07) is 23.1. The molecule has 0 saturated heterocycles. The molecule has 0 saturated carbocycles. The van der Waals surface area contributed by atoms with Crippen LogP contribution >= 0.6 is 0 Å². The highest BCUT2D eigenvalue weighted by Gasteiger charge is 2.50. The summed E-state index contributed by atoms with van der Waals surface area (Å²) >= 11 is 0. The van der Waals surface area contributed by atoms with Crippen molar-refractivity contribution in [1.29, 1.82) is 0 Å². The molecule has 0 bridgehead atoms. The van der Waals surface area contributed by atoms with Gasteiger partial charge in [0, 0.05) is 30.5 Å². The fourth-order valence-corrected chi connectivity index (χ4v) is 6.23. The third kappa shape index (κ3) is 6.92. The lowest BCUT2D eigenvalue weighted by atomic mass is 9.76. The molecule has 43 heavy (non-hydrogen) atoms. The number of rotatable bonds is 9. The standard InChI is InChI=1S/C35H40N2O6/c1-34(2,3)43-33(42)37-28(17-22-9-5-4-6-10-22)30(40)20-35(19-23-13-15-25(38)16-14-23)32(41)27(21-36-35)31-26-12-8-7-11-24(26)18-29(31)39/h4-16,21,28-31,36,38-40H,17-20H2,1-3H3,(H,37,42)/t28-,29+,30-,31-,35-/m0/s1. The first-order valence-electron chi connectivity index (χ1n) is 14.7. The van der Waals surface area contributed by atoms with Crippen molar-refractivity contribution in [2.45, 2.75) is 81.8 Å². The van der Waals surface area contributed by atoms with Crippen molar-refractivity contribution in [3.8, 4) is 5.75 Å². The smallest absolute Gasteiger partial charge is 0.407 e. The van der Waals surface area contributed by atoms with Crippen LogP contribution in [0.1, 0.15) is 55.4 Å². The third-order valence-electron chi connectivity index (χ3n) is 8.20. The van der Waals surface area contributed by atoms with Crippen LogP contribution in [0.3, 0.4) is 0 Å². The molecule has 0 unspecified atom stereocenters. The van der Waals surface area contributed by atoms with Gasteiger partial charge in [0.2, 0.25) is 0 Å². The van der Waals surface area contributed by atoms with Crippen LogP contribution in [-0.2, 0) is 28.8 Å². The van der Waals surface area contributed by atoms with E-state index in [2.05, 4.69) is 10.6 Å². The van der Waals surface area contributed by atoms with Gasteiger partial charge >= 0.3 is 6.09 Å². The number of alkyl carbamates (subject to hydrolysis) is 1. The first-order valence-corrected chi connectivity index (χ1v) is 14.7. The van der Waals surface area contributed by atoms with E-state index in [4.69, 9.17) is 4.74 Å². The zero-order valence-electron chi connectivity index (χ0n) is 24.8. The van der Waals surface area contributed by atoms with Crippen molar-refractivity contribution in [2.24, 2.45) is 0 Å². The molecule has 8 nitrogen and oxygen atoms in total. The van der Waals surface area contributed by atoms with E-state index in [9.17, 15) is 24.9 Å². The van der Waals surface area contributed by atoms with Crippen LogP contribution in [0, 0.1) is 0 Å². The van der Waals surface area contributed by atoms with E-state index < -0.39 is 41.4 Å². The number of amides is 1. The molecule has 1 aliphatic heterocycles. The maximum Gasteiger partial charge on any atom is 0.407 e. The normalized spacial score (nSPS) is 22.7. The van der Waals surface area contributed by atoms with Crippen molar-refractivity contribution in [1.82, 2.24) is 10.6 Å². The van der Waals surface area contributed by atoms with Crippen LogP contribution in [0.2, 0.25) is 0 Å². The molecular formula is C35H40N2O6. The topological polar surface area (TPSA) is 128 Å². The van der Waals surface area contributed by atoms with Gasteiger partial charge in [0.25, 0.3) is 0 Å². The molecule has 0 aromatic heterocycles. The van der Waals surface area contributed by atoms with Crippen LogP contribution in [0.5, 0.6) is 5.75 Å². The number of fused-ring (bicyclic) bond motifs is 1. The average molecular weight is 585 g/mol. The van der Waals surface area contributed by atoms with E-state index in [0.29, 0.717) is 18.4 Å². The highest BCUT2D eigenvalue weighted by Crippen LogP contribution is 2.43. The summed E-state index contributed by atoms with van der Waals surface area (Å²) in [4.78, 5) is 27.3. The second-order valence-corrected chi connectivity index (χ2v) is 12.7. The van der Waals surface area contributed by atoms with Crippen molar-refractivity contribution >= 4 is 11.9 Å². The Kier molecular flexibility index (Phi) is 8.62. The Labute approximate surface area is 252 Å². The minimum atomic E-state index is -1.26. The predicted molar refractivity (Wildman–Crippen MR) is 164 cm³/mol. The Morgan fingerprint density at radius 3 is 2.40 bits per heavy atom. The lowest BCUT2D eigenvalue weighted by Crippen LogP contribution is -2.55. The molecule has 1 heterocycles. The largest absolute Gasteiger partial charge is 0.508 e. The number of nitrogens with one attached hydrogen (secondary N) is 2. The number of aromatic hydroxyl groups is 1. The second-order valence-electron chi connectivity index (χ2n) is 12.7. The average Bonchev–Trinajstić information content (AvgIpc) is 3.44. The van der Waals surface area contributed by atoms with Crippen LogP contribution in [-0.4, -0.2) is 56.6 Å². The molecule has 0 radical (unpaired) electrons. The molecule has 3 aromatic carbocycles. The summed E-state index contributed by atoms with van der Waals surface area (Å²) in [5, 5.41) is 38.8. The number of ether oxygens (including phenoxy) is 1. The number of hydrogen-bond donors (Lipinski definition) is 5. The quantitative estimate of drug-likeness (QED) is 0.254. The molecule has 5 atom stereocenters. The van der Waals surface area contributed by atoms with Gasteiger partial charge in [0.05, 0.1) is 18.2 Å². The Morgan fingerprint density at radius 2 is 1.70 bits per heavy atom. The number of hydrogen-bond acceptors (Lipinski definition) is 7. The first-order chi connectivity index (χ1) is 20.4. The van der Waals surface area contributed by atoms with Gasteiger partial charge in [-0.1, -0.05) is 66.7 Å². The molecule has 0 fully saturated rings. The highest BCUT2D eigenvalue weighted by molar-refractivity contribution is 6.06. The lowest BCUT2D eigenvalue weighted by molar-refractivity contribution is -0.122. The Morgan fingerprint density at radius 1 is 1.02 bits per heavy atom. The number of benzene rings is 3. The van der Waals surface area contributed by atoms with Crippen LogP contribution in [0.15, 0.2) is 90.6 Å². The third-order valence-corrected chi connectivity index (χ3v) is 8.20. The van der Waals surface area contributed by atoms with E-state index >= 15 is 0 Å². The Hall–Kier alpha value is -4.14. The molecule has 226 valence electrons. The van der Waals surface area contributed by atoms with Crippen molar-refractivity contribution in [3.63, 3.8) is 0 Å². The molecule has 3 aromatic rings. The summed E-state index contributed by atoms with van der Waals surface area (Å²) < 4.78 is 5.50. The van der Waals surface area contributed by atoms with Gasteiger partial charge in [-0.3, -0.25) is 4.79 Å². The molecule has 5 rings (SSSR count). The molecule has 0 spiro atoms. The number of phenols is 1. The fourth-order valence-electron chi connectivity index (χ4n) is 6.23. The molecule has 1 aliphatic carbocycles. The van der Waals surface area contributed by atoms with Crippen molar-refractivity contribution < 1.29 is 29.6 Å². The molecular weight excluding hydrogens is 544 g/mol. The van der Waals surface area contributed by atoms with E-state index in [0.717, 1.165) is 22.3 Å². The van der Waals surface area contributed by atoms with Crippen molar-refractivity contribution in [2.75, 3.05) is 0 Å². The summed E-state index contributed by atoms with van der Waals surface area (Å²) in [6.07, 6.45) is 0.104. The number of carbonyl (C=O) groups excluding carboxylic acids is 2. The minimum Gasteiger partial charge on any atom is -0.508 e. The molecule has 2 aliphatic rings. The van der Waals surface area contributed by atoms with Gasteiger partial charge in [-0.15, -0.1) is 0 Å². The van der Waals surface area contributed by atoms with E-state index in [1.807, 2.05) is 54.6 Å². The SMILES string of the molecule is CC(C)(C)OC(=O)N[C@@H](Cc1ccccc1)[C@@H](O)C[C@]1(Cc2ccc(O)cc2)NC=C([C@@H]2c3ccccc3C[C@H]2O)C1=O. The summed E-state index contributed by atoms with van der Waals surface area (Å²) in [6.45, 7) is 5.31. The van der Waals surface area contributed by atoms with Gasteiger partial charge in [0.1, 0.15) is 16.9 Å². The number of aliphatic hydroxyl groups is 2. The summed E-state index contributed by atoms with van der Waals surface area (Å²) in [5.41, 5.74) is 2.10. The summed E-state index contributed by atoms with van der Waals surface area (Å²) in [7, 11) is 0. The monoisotopic (exact) mass is 584 g/mol. The molecule has 1 amide bonds. The Bertz CT molecular complexity index is 1480. The van der Waals surface area contributed by atoms with Crippen LogP contribution in [0.4, 0.5) is 4.79 Å². The number of Topliss-reactive ketones (excluding diaryl/α,β-unsaturated/α-hetero) is 1. The number of ketones is 1. The molecule has 5 N–H and O–H groups in total. The van der Waals surface area contributed by atoms with E-state index in [-0.39, 0.29) is 24.4 Å². The zero-order valence-corrected chi connectivity index (χ0v) is 24.8. The van der Waals surface area contributed by atoms with E-state index in [1.54, 1.807) is 51.2 Å². The van der Waals surface area contributed by atoms with E-state index in [1.165, 1.54) is 0 Å². The van der Waals surface area contributed by atoms with Gasteiger partial charge in [0.15, 0.2) is 5.78 Å².